The Labute approximate surface area is 49.2 Å². The predicted octanol–water partition coefficient (Wildman–Crippen LogP) is -0.263. The summed E-state index contributed by atoms with van der Waals surface area (Å²) in [5.74, 6) is -0.319. The Kier molecular flexibility index (Phi) is 4.16. The van der Waals surface area contributed by atoms with E-state index >= 15 is 0 Å². The summed E-state index contributed by atoms with van der Waals surface area (Å²) in [5.41, 5.74) is 0. The largest absolute Gasteiger partial charge is 0.453 e. The minimum atomic E-state index is -0.319. The molecule has 1 unspecified atom stereocenters. The Morgan fingerprint density at radius 1 is 1.88 bits per heavy atom. The van der Waals surface area contributed by atoms with Crippen LogP contribution in [0.1, 0.15) is 0 Å². The third kappa shape index (κ3) is 2.52. The Balaban J connectivity index is 3.52. The van der Waals surface area contributed by atoms with Crippen molar-refractivity contribution < 1.29 is 5.02 Å². The lowest BCUT2D eigenvalue weighted by molar-refractivity contribution is 0.603. The first-order valence-corrected chi connectivity index (χ1v) is 2.25. The van der Waals surface area contributed by atoms with Crippen molar-refractivity contribution in [3.05, 3.63) is 0 Å². The van der Waals surface area contributed by atoms with Gasteiger partial charge in [-0.2, -0.15) is 0 Å². The third-order valence-electron chi connectivity index (χ3n) is 0.686. The highest BCUT2D eigenvalue weighted by Gasteiger charge is 1.98. The normalized spacial score (nSPS) is 13.8. The van der Waals surface area contributed by atoms with E-state index in [2.05, 4.69) is 4.99 Å². The fourth-order valence-electron chi connectivity index (χ4n) is 0.297. The van der Waals surface area contributed by atoms with Crippen LogP contribution in [0.25, 0.3) is 0 Å². The highest BCUT2D eigenvalue weighted by molar-refractivity contribution is 6.40. The predicted molar refractivity (Wildman–Crippen MR) is 34.9 cm³/mol. The average molecular weight is 111 g/mol. The van der Waals surface area contributed by atoms with E-state index in [0.29, 0.717) is 0 Å². The summed E-state index contributed by atoms with van der Waals surface area (Å²) in [6.45, 7) is 0. The maximum absolute atomic E-state index is 8.29. The lowest BCUT2D eigenvalue weighted by Gasteiger charge is -1.92. The van der Waals surface area contributed by atoms with Gasteiger partial charge in [0.1, 0.15) is 0 Å². The van der Waals surface area contributed by atoms with E-state index in [4.69, 9.17) is 10.4 Å². The molecule has 0 bridgehead atoms. The molecule has 1 radical (unpaired) electrons. The van der Waals surface area contributed by atoms with E-state index in [9.17, 15) is 0 Å². The zero-order valence-electron chi connectivity index (χ0n) is 4.70. The van der Waals surface area contributed by atoms with Crippen LogP contribution in [0, 0.1) is 5.41 Å². The molecule has 0 heterocycles. The van der Waals surface area contributed by atoms with E-state index in [1.807, 2.05) is 0 Å². The van der Waals surface area contributed by atoms with Crippen molar-refractivity contribution in [1.29, 1.82) is 5.41 Å². The number of rotatable bonds is 3. The molecule has 0 saturated carbocycles. The van der Waals surface area contributed by atoms with Crippen molar-refractivity contribution in [2.75, 3.05) is 7.05 Å². The molecule has 43 valence electrons. The molecule has 8 heavy (non-hydrogen) atoms. The van der Waals surface area contributed by atoms with E-state index in [1.165, 1.54) is 6.21 Å². The summed E-state index contributed by atoms with van der Waals surface area (Å²) in [4.78, 5) is 3.61. The molecule has 0 aliphatic rings. The summed E-state index contributed by atoms with van der Waals surface area (Å²) in [6, 6.07) is 0. The molecule has 0 aromatic carbocycles. The second-order valence-electron chi connectivity index (χ2n) is 1.30. The van der Waals surface area contributed by atoms with Gasteiger partial charge in [0.2, 0.25) is 0 Å². The van der Waals surface area contributed by atoms with Crippen LogP contribution in [0.2, 0.25) is 5.82 Å². The zero-order chi connectivity index (χ0) is 6.41. The summed E-state index contributed by atoms with van der Waals surface area (Å²) in [5, 5.41) is 14.9. The van der Waals surface area contributed by atoms with Crippen molar-refractivity contribution in [2.24, 2.45) is 4.99 Å². The molecule has 4 heteroatoms. The van der Waals surface area contributed by atoms with Gasteiger partial charge in [-0.1, -0.05) is 0 Å². The monoisotopic (exact) mass is 111 g/mol. The number of nitrogens with zero attached hydrogens (tertiary/aromatic N) is 1. The van der Waals surface area contributed by atoms with E-state index in [1.54, 1.807) is 7.05 Å². The molecule has 0 aliphatic carbocycles. The third-order valence-corrected chi connectivity index (χ3v) is 0.686. The smallest absolute Gasteiger partial charge is 0.302 e. The standard InChI is InChI=1S/C4H8BN2O/c1-7-3-4(2-6)5-8/h2-4,6,8H,1H3. The maximum Gasteiger partial charge on any atom is 0.302 e. The Morgan fingerprint density at radius 3 is 2.62 bits per heavy atom. The van der Waals surface area contributed by atoms with Crippen molar-refractivity contribution in [2.45, 2.75) is 5.82 Å². The second kappa shape index (κ2) is 4.52. The van der Waals surface area contributed by atoms with Crippen LogP contribution in [0.5, 0.6) is 0 Å². The molecule has 0 saturated heterocycles. The maximum atomic E-state index is 8.29. The van der Waals surface area contributed by atoms with Crippen LogP contribution >= 0.6 is 0 Å². The molecule has 0 amide bonds. The molecular weight excluding hydrogens is 103 g/mol. The summed E-state index contributed by atoms with van der Waals surface area (Å²) < 4.78 is 0. The minimum Gasteiger partial charge on any atom is -0.453 e. The average Bonchev–Trinajstić information content (AvgIpc) is 1.83. The van der Waals surface area contributed by atoms with Gasteiger partial charge in [0, 0.05) is 19.1 Å². The fraction of sp³-hybridized carbons (Fsp3) is 0.500. The number of nitrogens with one attached hydrogen (secondary N) is 1. The minimum absolute atomic E-state index is 0.319. The SMILES string of the molecule is CN=CC([B]O)C=N. The number of hydrogen-bond acceptors (Lipinski definition) is 3. The van der Waals surface area contributed by atoms with Gasteiger partial charge in [-0.3, -0.25) is 0 Å². The molecule has 0 aromatic rings. The second-order valence-corrected chi connectivity index (χ2v) is 1.30. The fourth-order valence-corrected chi connectivity index (χ4v) is 0.297. The van der Waals surface area contributed by atoms with Crippen LogP contribution < -0.4 is 0 Å². The van der Waals surface area contributed by atoms with Crippen LogP contribution in [-0.4, -0.2) is 32.0 Å². The van der Waals surface area contributed by atoms with E-state index < -0.39 is 0 Å². The van der Waals surface area contributed by atoms with Gasteiger partial charge in [-0.25, -0.2) is 0 Å². The van der Waals surface area contributed by atoms with Crippen LogP contribution in [0.4, 0.5) is 0 Å². The molecule has 0 aromatic heterocycles. The zero-order valence-corrected chi connectivity index (χ0v) is 4.70. The van der Waals surface area contributed by atoms with Crippen molar-refractivity contribution in [3.63, 3.8) is 0 Å². The Morgan fingerprint density at radius 2 is 2.50 bits per heavy atom. The summed E-state index contributed by atoms with van der Waals surface area (Å²) in [7, 11) is 2.51. The van der Waals surface area contributed by atoms with Gasteiger partial charge in [0.15, 0.2) is 0 Å². The molecule has 0 aliphatic heterocycles. The van der Waals surface area contributed by atoms with Crippen LogP contribution in [0.15, 0.2) is 4.99 Å². The topological polar surface area (TPSA) is 56.4 Å². The molecule has 2 N–H and O–H groups in total. The molecule has 0 rings (SSSR count). The molecule has 1 atom stereocenters. The summed E-state index contributed by atoms with van der Waals surface area (Å²) >= 11 is 0. The lowest BCUT2D eigenvalue weighted by atomic mass is 9.83. The molecule has 3 nitrogen and oxygen atoms in total. The molecule has 0 fully saturated rings. The Bertz CT molecular complexity index is 94.0. The highest BCUT2D eigenvalue weighted by Crippen LogP contribution is 1.88. The van der Waals surface area contributed by atoms with Crippen molar-refractivity contribution >= 4 is 19.9 Å². The number of hydrogen-bond donors (Lipinski definition) is 2. The molecule has 0 spiro atoms. The first kappa shape index (κ1) is 7.36. The van der Waals surface area contributed by atoms with Crippen LogP contribution in [0.3, 0.4) is 0 Å². The highest BCUT2D eigenvalue weighted by atomic mass is 16.2. The van der Waals surface area contributed by atoms with Gasteiger partial charge in [0.05, 0.1) is 0 Å². The summed E-state index contributed by atoms with van der Waals surface area (Å²) in [6.07, 6.45) is 2.58. The van der Waals surface area contributed by atoms with E-state index in [0.717, 1.165) is 13.7 Å². The van der Waals surface area contributed by atoms with Gasteiger partial charge >= 0.3 is 7.48 Å². The lowest BCUT2D eigenvalue weighted by Crippen LogP contribution is -2.04. The Hall–Kier alpha value is -0.635. The van der Waals surface area contributed by atoms with Crippen molar-refractivity contribution in [3.8, 4) is 0 Å². The van der Waals surface area contributed by atoms with Gasteiger partial charge in [0.25, 0.3) is 0 Å². The van der Waals surface area contributed by atoms with Gasteiger partial charge in [-0.05, 0) is 6.21 Å². The van der Waals surface area contributed by atoms with Crippen LogP contribution in [-0.2, 0) is 0 Å². The number of aliphatic imine (C=N–C) groups is 1. The van der Waals surface area contributed by atoms with E-state index in [-0.39, 0.29) is 5.82 Å². The van der Waals surface area contributed by atoms with Crippen molar-refractivity contribution in [1.82, 2.24) is 0 Å². The first-order valence-electron chi connectivity index (χ1n) is 2.25. The first-order chi connectivity index (χ1) is 3.85. The van der Waals surface area contributed by atoms with Gasteiger partial charge in [-0.15, -0.1) is 0 Å². The van der Waals surface area contributed by atoms with Gasteiger partial charge < -0.3 is 15.4 Å². The quantitative estimate of drug-likeness (QED) is 0.382. The molecular formula is C4H8BN2O.